The number of aromatic nitrogens is 2. The summed E-state index contributed by atoms with van der Waals surface area (Å²) < 4.78 is 1.17. The van der Waals surface area contributed by atoms with Gasteiger partial charge in [-0.15, -0.1) is 0 Å². The monoisotopic (exact) mass is 246 g/mol. The van der Waals surface area contributed by atoms with Crippen molar-refractivity contribution in [2.75, 3.05) is 6.54 Å². The lowest BCUT2D eigenvalue weighted by molar-refractivity contribution is -0.384. The second-order valence-corrected chi connectivity index (χ2v) is 3.47. The second kappa shape index (κ2) is 4.93. The van der Waals surface area contributed by atoms with Crippen molar-refractivity contribution in [1.82, 2.24) is 15.1 Å². The molecular formula is C8H11ClN4O3. The Labute approximate surface area is 96.5 Å². The molecule has 0 aromatic carbocycles. The van der Waals surface area contributed by atoms with E-state index in [-0.39, 0.29) is 16.7 Å². The average molecular weight is 247 g/mol. The number of amides is 1. The van der Waals surface area contributed by atoms with Crippen LogP contribution in [0.25, 0.3) is 0 Å². The van der Waals surface area contributed by atoms with Crippen LogP contribution in [0.5, 0.6) is 0 Å². The summed E-state index contributed by atoms with van der Waals surface area (Å²) in [4.78, 5) is 21.3. The van der Waals surface area contributed by atoms with Crippen LogP contribution in [-0.4, -0.2) is 27.2 Å². The quantitative estimate of drug-likeness (QED) is 0.637. The molecule has 1 atom stereocenters. The predicted octanol–water partition coefficient (Wildman–Crippen LogP) is 1.14. The summed E-state index contributed by atoms with van der Waals surface area (Å²) in [5, 5.41) is 16.6. The number of rotatable bonds is 4. The molecule has 1 amide bonds. The molecule has 1 N–H and O–H groups in total. The van der Waals surface area contributed by atoms with Gasteiger partial charge in [0, 0.05) is 6.54 Å². The zero-order valence-electron chi connectivity index (χ0n) is 8.81. The first-order valence-electron chi connectivity index (χ1n) is 4.64. The molecule has 16 heavy (non-hydrogen) atoms. The molecule has 7 nitrogen and oxygen atoms in total. The van der Waals surface area contributed by atoms with E-state index in [1.54, 1.807) is 13.8 Å². The normalized spacial score (nSPS) is 12.2. The van der Waals surface area contributed by atoms with E-state index < -0.39 is 11.0 Å². The van der Waals surface area contributed by atoms with Gasteiger partial charge in [0.1, 0.15) is 12.2 Å². The fourth-order valence-corrected chi connectivity index (χ4v) is 1.33. The van der Waals surface area contributed by atoms with Gasteiger partial charge in [-0.05, 0) is 13.8 Å². The number of likely N-dealkylation sites (N-methyl/N-ethyl adjacent to an activating group) is 1. The van der Waals surface area contributed by atoms with Crippen LogP contribution in [0.15, 0.2) is 6.20 Å². The maximum Gasteiger partial charge on any atom is 0.325 e. The molecule has 0 aliphatic rings. The molecule has 0 radical (unpaired) electrons. The molecule has 88 valence electrons. The zero-order chi connectivity index (χ0) is 12.3. The van der Waals surface area contributed by atoms with Gasteiger partial charge in [-0.3, -0.25) is 19.6 Å². The van der Waals surface area contributed by atoms with Crippen LogP contribution in [0, 0.1) is 10.1 Å². The molecule has 8 heteroatoms. The summed E-state index contributed by atoms with van der Waals surface area (Å²) in [6, 6.07) is -0.633. The van der Waals surface area contributed by atoms with E-state index >= 15 is 0 Å². The van der Waals surface area contributed by atoms with Crippen molar-refractivity contribution in [2.24, 2.45) is 0 Å². The van der Waals surface area contributed by atoms with Gasteiger partial charge in [-0.2, -0.15) is 5.10 Å². The molecule has 0 aliphatic carbocycles. The number of nitro groups is 1. The van der Waals surface area contributed by atoms with Gasteiger partial charge in [0.2, 0.25) is 11.1 Å². The van der Waals surface area contributed by atoms with Gasteiger partial charge in [-0.1, -0.05) is 11.6 Å². The molecule has 1 heterocycles. The van der Waals surface area contributed by atoms with Crippen LogP contribution >= 0.6 is 11.6 Å². The summed E-state index contributed by atoms with van der Waals surface area (Å²) in [6.07, 6.45) is 1.14. The SMILES string of the molecule is CCNC(=O)C(C)n1cc([N+](=O)[O-])c(Cl)n1. The number of carbonyl (C=O) groups is 1. The third-order valence-electron chi connectivity index (χ3n) is 1.99. The minimum Gasteiger partial charge on any atom is -0.355 e. The minimum absolute atomic E-state index is 0.221. The molecule has 1 rings (SSSR count). The molecule has 0 aliphatic heterocycles. The molecule has 0 saturated carbocycles. The van der Waals surface area contributed by atoms with Gasteiger partial charge < -0.3 is 5.32 Å². The number of halogens is 1. The highest BCUT2D eigenvalue weighted by Gasteiger charge is 2.22. The van der Waals surface area contributed by atoms with E-state index in [1.807, 2.05) is 0 Å². The highest BCUT2D eigenvalue weighted by Crippen LogP contribution is 2.23. The zero-order valence-corrected chi connectivity index (χ0v) is 9.56. The van der Waals surface area contributed by atoms with E-state index in [2.05, 4.69) is 10.4 Å². The van der Waals surface area contributed by atoms with Crippen molar-refractivity contribution in [1.29, 1.82) is 0 Å². The highest BCUT2D eigenvalue weighted by molar-refractivity contribution is 6.31. The maximum absolute atomic E-state index is 11.4. The van der Waals surface area contributed by atoms with E-state index in [4.69, 9.17) is 11.6 Å². The Morgan fingerprint density at radius 1 is 1.81 bits per heavy atom. The average Bonchev–Trinajstić information content (AvgIpc) is 2.59. The summed E-state index contributed by atoms with van der Waals surface area (Å²) in [6.45, 7) is 3.85. The first-order chi connectivity index (χ1) is 7.47. The Morgan fingerprint density at radius 2 is 2.44 bits per heavy atom. The molecule has 1 aromatic heterocycles. The largest absolute Gasteiger partial charge is 0.355 e. The number of nitrogens with zero attached hydrogens (tertiary/aromatic N) is 3. The number of hydrogen-bond donors (Lipinski definition) is 1. The lowest BCUT2D eigenvalue weighted by atomic mass is 10.3. The summed E-state index contributed by atoms with van der Waals surface area (Å²) in [5.41, 5.74) is -0.308. The van der Waals surface area contributed by atoms with Gasteiger partial charge in [0.05, 0.1) is 4.92 Å². The summed E-state index contributed by atoms with van der Waals surface area (Å²) in [5.74, 6) is -0.267. The smallest absolute Gasteiger partial charge is 0.325 e. The van der Waals surface area contributed by atoms with Crippen LogP contribution in [-0.2, 0) is 4.79 Å². The fraction of sp³-hybridized carbons (Fsp3) is 0.500. The summed E-state index contributed by atoms with van der Waals surface area (Å²) >= 11 is 5.56. The predicted molar refractivity (Wildman–Crippen MR) is 57.3 cm³/mol. The first-order valence-corrected chi connectivity index (χ1v) is 5.02. The van der Waals surface area contributed by atoms with Gasteiger partial charge in [0.15, 0.2) is 0 Å². The standard InChI is InChI=1S/C8H11ClN4O3/c1-3-10-8(14)5(2)12-4-6(13(15)16)7(9)11-12/h4-5H,3H2,1-2H3,(H,10,14). The molecule has 0 bridgehead atoms. The Balaban J connectivity index is 2.92. The van der Waals surface area contributed by atoms with Crippen LogP contribution < -0.4 is 5.32 Å². The van der Waals surface area contributed by atoms with Crippen LogP contribution in [0.1, 0.15) is 19.9 Å². The van der Waals surface area contributed by atoms with Gasteiger partial charge in [-0.25, -0.2) is 0 Å². The van der Waals surface area contributed by atoms with Crippen molar-refractivity contribution in [3.8, 4) is 0 Å². The van der Waals surface area contributed by atoms with E-state index in [0.717, 1.165) is 6.20 Å². The van der Waals surface area contributed by atoms with Gasteiger partial charge >= 0.3 is 5.69 Å². The van der Waals surface area contributed by atoms with Crippen LogP contribution in [0.3, 0.4) is 0 Å². The minimum atomic E-state index is -0.643. The Kier molecular flexibility index (Phi) is 3.83. The van der Waals surface area contributed by atoms with Gasteiger partial charge in [0.25, 0.3) is 0 Å². The van der Waals surface area contributed by atoms with Crippen molar-refractivity contribution in [2.45, 2.75) is 19.9 Å². The Bertz CT molecular complexity index is 417. The molecule has 0 spiro atoms. The van der Waals surface area contributed by atoms with Crippen LogP contribution in [0.2, 0.25) is 5.15 Å². The molecular weight excluding hydrogens is 236 g/mol. The molecule has 1 unspecified atom stereocenters. The Hall–Kier alpha value is -1.63. The maximum atomic E-state index is 11.4. The van der Waals surface area contributed by atoms with E-state index in [1.165, 1.54) is 4.68 Å². The molecule has 0 fully saturated rings. The van der Waals surface area contributed by atoms with E-state index in [0.29, 0.717) is 6.54 Å². The third kappa shape index (κ3) is 2.48. The van der Waals surface area contributed by atoms with Crippen LogP contribution in [0.4, 0.5) is 5.69 Å². The Morgan fingerprint density at radius 3 is 2.88 bits per heavy atom. The number of carbonyl (C=O) groups excluding carboxylic acids is 1. The first kappa shape index (κ1) is 12.4. The fourth-order valence-electron chi connectivity index (χ4n) is 1.12. The topological polar surface area (TPSA) is 90.1 Å². The third-order valence-corrected chi connectivity index (χ3v) is 2.26. The van der Waals surface area contributed by atoms with Crippen molar-refractivity contribution >= 4 is 23.2 Å². The summed E-state index contributed by atoms with van der Waals surface area (Å²) in [7, 11) is 0. The van der Waals surface area contributed by atoms with E-state index in [9.17, 15) is 14.9 Å². The number of nitrogens with one attached hydrogen (secondary N) is 1. The van der Waals surface area contributed by atoms with Crippen molar-refractivity contribution in [3.05, 3.63) is 21.5 Å². The molecule has 1 aromatic rings. The lowest BCUT2D eigenvalue weighted by Gasteiger charge is -2.10. The lowest BCUT2D eigenvalue weighted by Crippen LogP contribution is -2.30. The van der Waals surface area contributed by atoms with Crippen molar-refractivity contribution < 1.29 is 9.72 Å². The number of hydrogen-bond acceptors (Lipinski definition) is 4. The second-order valence-electron chi connectivity index (χ2n) is 3.11. The highest BCUT2D eigenvalue weighted by atomic mass is 35.5. The molecule has 0 saturated heterocycles. The van der Waals surface area contributed by atoms with Crippen molar-refractivity contribution in [3.63, 3.8) is 0 Å².